The van der Waals surface area contributed by atoms with Crippen LogP contribution in [0.15, 0.2) is 46.9 Å². The highest BCUT2D eigenvalue weighted by molar-refractivity contribution is 9.10. The third kappa shape index (κ3) is 3.57. The number of urea groups is 1. The summed E-state index contributed by atoms with van der Waals surface area (Å²) in [5, 5.41) is 2.95. The molecule has 2 aliphatic heterocycles. The van der Waals surface area contributed by atoms with Crippen molar-refractivity contribution in [3.63, 3.8) is 0 Å². The van der Waals surface area contributed by atoms with Gasteiger partial charge in [-0.1, -0.05) is 28.1 Å². The van der Waals surface area contributed by atoms with Crippen LogP contribution in [0.4, 0.5) is 10.5 Å². The number of hydrogen-bond acceptors (Lipinski definition) is 4. The summed E-state index contributed by atoms with van der Waals surface area (Å²) in [6, 6.07) is 13.4. The molecule has 4 rings (SSSR count). The summed E-state index contributed by atoms with van der Waals surface area (Å²) in [7, 11) is 0. The molecule has 0 bridgehead atoms. The highest BCUT2D eigenvalue weighted by atomic mass is 79.9. The minimum absolute atomic E-state index is 0.0250. The molecule has 2 aromatic rings. The van der Waals surface area contributed by atoms with Crippen molar-refractivity contribution >= 4 is 39.4 Å². The Bertz CT molecular complexity index is 802. The molecule has 0 aromatic heterocycles. The van der Waals surface area contributed by atoms with E-state index in [2.05, 4.69) is 21.2 Å². The van der Waals surface area contributed by atoms with Crippen molar-refractivity contribution in [2.45, 2.75) is 5.37 Å². The lowest BCUT2D eigenvalue weighted by Crippen LogP contribution is -2.34. The molecule has 0 aliphatic carbocycles. The van der Waals surface area contributed by atoms with Crippen LogP contribution in [-0.4, -0.2) is 36.4 Å². The van der Waals surface area contributed by atoms with Gasteiger partial charge in [0.25, 0.3) is 0 Å². The molecule has 0 spiro atoms. The zero-order chi connectivity index (χ0) is 17.2. The number of nitrogens with one attached hydrogen (secondary N) is 1. The molecule has 1 N–H and O–H groups in total. The van der Waals surface area contributed by atoms with Gasteiger partial charge in [-0.3, -0.25) is 0 Å². The minimum Gasteiger partial charge on any atom is -0.486 e. The summed E-state index contributed by atoms with van der Waals surface area (Å²) in [6.45, 7) is 1.84. The fraction of sp³-hybridized carbons (Fsp3) is 0.278. The van der Waals surface area contributed by atoms with Crippen molar-refractivity contribution < 1.29 is 14.3 Å². The first-order valence-corrected chi connectivity index (χ1v) is 9.89. The predicted molar refractivity (Wildman–Crippen MR) is 102 cm³/mol. The maximum Gasteiger partial charge on any atom is 0.323 e. The number of amides is 2. The standard InChI is InChI=1S/C18H17BrN2O3S/c19-13-2-1-3-14(11-13)20-18(22)21-6-9-25-17(21)12-4-5-15-16(10-12)24-8-7-23-15/h1-5,10-11,17H,6-9H2,(H,20,22). The van der Waals surface area contributed by atoms with Gasteiger partial charge in [0.05, 0.1) is 0 Å². The number of carbonyl (C=O) groups is 1. The van der Waals surface area contributed by atoms with E-state index in [-0.39, 0.29) is 11.4 Å². The molecule has 130 valence electrons. The first-order valence-electron chi connectivity index (χ1n) is 8.05. The van der Waals surface area contributed by atoms with Gasteiger partial charge >= 0.3 is 6.03 Å². The Labute approximate surface area is 158 Å². The maximum absolute atomic E-state index is 12.7. The summed E-state index contributed by atoms with van der Waals surface area (Å²) in [5.41, 5.74) is 1.83. The SMILES string of the molecule is O=C(Nc1cccc(Br)c1)N1CCSC1c1ccc2c(c1)OCCO2. The first-order chi connectivity index (χ1) is 12.2. The van der Waals surface area contributed by atoms with Gasteiger partial charge in [0.2, 0.25) is 0 Å². The zero-order valence-electron chi connectivity index (χ0n) is 13.4. The molecule has 1 unspecified atom stereocenters. The van der Waals surface area contributed by atoms with Gasteiger partial charge in [0.15, 0.2) is 11.5 Å². The molecule has 0 saturated carbocycles. The Kier molecular flexibility index (Phi) is 4.76. The molecule has 2 amide bonds. The molecule has 2 aliphatic rings. The molecule has 5 nitrogen and oxygen atoms in total. The van der Waals surface area contributed by atoms with Crippen LogP contribution >= 0.6 is 27.7 Å². The lowest BCUT2D eigenvalue weighted by Gasteiger charge is -2.26. The highest BCUT2D eigenvalue weighted by Gasteiger charge is 2.31. The van der Waals surface area contributed by atoms with Crippen LogP contribution in [-0.2, 0) is 0 Å². The number of anilines is 1. The van der Waals surface area contributed by atoms with E-state index in [0.29, 0.717) is 19.8 Å². The van der Waals surface area contributed by atoms with E-state index >= 15 is 0 Å². The fourth-order valence-corrected chi connectivity index (χ4v) is 4.57. The average Bonchev–Trinajstić information content (AvgIpc) is 3.11. The summed E-state index contributed by atoms with van der Waals surface area (Å²) in [6.07, 6.45) is 0. The second kappa shape index (κ2) is 7.17. The number of thioether (sulfide) groups is 1. The predicted octanol–water partition coefficient (Wildman–Crippen LogP) is 4.50. The van der Waals surface area contributed by atoms with Crippen LogP contribution in [0.5, 0.6) is 11.5 Å². The number of nitrogens with zero attached hydrogens (tertiary/aromatic N) is 1. The van der Waals surface area contributed by atoms with Crippen LogP contribution in [0.25, 0.3) is 0 Å². The van der Waals surface area contributed by atoms with Crippen molar-refractivity contribution in [2.75, 3.05) is 30.8 Å². The van der Waals surface area contributed by atoms with Gasteiger partial charge in [-0.2, -0.15) is 0 Å². The molecular weight excluding hydrogens is 404 g/mol. The van der Waals surface area contributed by atoms with E-state index in [1.165, 1.54) is 0 Å². The molecule has 0 radical (unpaired) electrons. The van der Waals surface area contributed by atoms with Crippen LogP contribution in [0.2, 0.25) is 0 Å². The van der Waals surface area contributed by atoms with Crippen LogP contribution in [0.3, 0.4) is 0 Å². The number of halogens is 1. The Morgan fingerprint density at radius 1 is 1.16 bits per heavy atom. The van der Waals surface area contributed by atoms with Crippen LogP contribution < -0.4 is 14.8 Å². The van der Waals surface area contributed by atoms with Gasteiger partial charge < -0.3 is 19.7 Å². The number of carbonyl (C=O) groups excluding carboxylic acids is 1. The molecule has 25 heavy (non-hydrogen) atoms. The lowest BCUT2D eigenvalue weighted by molar-refractivity contribution is 0.171. The Hall–Kier alpha value is -1.86. The topological polar surface area (TPSA) is 50.8 Å². The van der Waals surface area contributed by atoms with E-state index < -0.39 is 0 Å². The smallest absolute Gasteiger partial charge is 0.323 e. The van der Waals surface area contributed by atoms with E-state index in [0.717, 1.165) is 33.0 Å². The molecule has 1 fully saturated rings. The lowest BCUT2D eigenvalue weighted by atomic mass is 10.1. The summed E-state index contributed by atoms with van der Waals surface area (Å²) >= 11 is 5.18. The Balaban J connectivity index is 1.53. The molecule has 7 heteroatoms. The quantitative estimate of drug-likeness (QED) is 0.776. The Morgan fingerprint density at radius 3 is 2.84 bits per heavy atom. The Morgan fingerprint density at radius 2 is 2.00 bits per heavy atom. The monoisotopic (exact) mass is 420 g/mol. The second-order valence-corrected chi connectivity index (χ2v) is 7.86. The number of rotatable bonds is 2. The number of ether oxygens (including phenoxy) is 2. The van der Waals surface area contributed by atoms with Crippen molar-refractivity contribution in [3.05, 3.63) is 52.5 Å². The van der Waals surface area contributed by atoms with E-state index in [1.54, 1.807) is 11.8 Å². The maximum atomic E-state index is 12.7. The first kappa shape index (κ1) is 16.6. The van der Waals surface area contributed by atoms with Crippen molar-refractivity contribution in [1.29, 1.82) is 0 Å². The zero-order valence-corrected chi connectivity index (χ0v) is 15.8. The molecule has 1 saturated heterocycles. The number of benzene rings is 2. The largest absolute Gasteiger partial charge is 0.486 e. The number of hydrogen-bond donors (Lipinski definition) is 1. The fourth-order valence-electron chi connectivity index (χ4n) is 2.93. The van der Waals surface area contributed by atoms with Gasteiger partial charge in [0.1, 0.15) is 18.6 Å². The molecular formula is C18H17BrN2O3S. The van der Waals surface area contributed by atoms with E-state index in [1.807, 2.05) is 47.4 Å². The minimum atomic E-state index is -0.0945. The summed E-state index contributed by atoms with van der Waals surface area (Å²) < 4.78 is 12.2. The third-order valence-electron chi connectivity index (χ3n) is 4.08. The van der Waals surface area contributed by atoms with E-state index in [4.69, 9.17) is 9.47 Å². The molecule has 2 aromatic carbocycles. The van der Waals surface area contributed by atoms with Crippen molar-refractivity contribution in [2.24, 2.45) is 0 Å². The van der Waals surface area contributed by atoms with E-state index in [9.17, 15) is 4.79 Å². The van der Waals surface area contributed by atoms with Crippen molar-refractivity contribution in [1.82, 2.24) is 4.90 Å². The van der Waals surface area contributed by atoms with Gasteiger partial charge in [-0.05, 0) is 35.9 Å². The normalized spacial score (nSPS) is 18.9. The summed E-state index contributed by atoms with van der Waals surface area (Å²) in [4.78, 5) is 14.6. The second-order valence-electron chi connectivity index (χ2n) is 5.76. The third-order valence-corrected chi connectivity index (χ3v) is 5.83. The molecule has 2 heterocycles. The van der Waals surface area contributed by atoms with Crippen molar-refractivity contribution in [3.8, 4) is 11.5 Å². The van der Waals surface area contributed by atoms with Crippen LogP contribution in [0.1, 0.15) is 10.9 Å². The average molecular weight is 421 g/mol. The van der Waals surface area contributed by atoms with Crippen LogP contribution in [0, 0.1) is 0 Å². The van der Waals surface area contributed by atoms with Gasteiger partial charge in [-0.15, -0.1) is 11.8 Å². The number of fused-ring (bicyclic) bond motifs is 1. The highest BCUT2D eigenvalue weighted by Crippen LogP contribution is 2.41. The summed E-state index contributed by atoms with van der Waals surface area (Å²) in [5.74, 6) is 2.43. The molecule has 1 atom stereocenters. The van der Waals surface area contributed by atoms with Gasteiger partial charge in [-0.25, -0.2) is 4.79 Å². The van der Waals surface area contributed by atoms with Gasteiger partial charge in [0, 0.05) is 22.5 Å².